The van der Waals surface area contributed by atoms with E-state index in [0.717, 1.165) is 19.3 Å². The number of nitrogens with zero attached hydrogens (tertiary/aromatic N) is 1. The van der Waals surface area contributed by atoms with Gasteiger partial charge in [0, 0.05) is 39.1 Å². The first-order valence-corrected chi connectivity index (χ1v) is 7.45. The largest absolute Gasteiger partial charge is 0.441 e. The summed E-state index contributed by atoms with van der Waals surface area (Å²) in [5, 5.41) is 0. The molecule has 22 heavy (non-hydrogen) atoms. The third-order valence-electron chi connectivity index (χ3n) is 3.95. The Morgan fingerprint density at radius 1 is 1.05 bits per heavy atom. The van der Waals surface area contributed by atoms with Crippen molar-refractivity contribution in [3.05, 3.63) is 23.5 Å². The average Bonchev–Trinajstić information content (AvgIpc) is 2.93. The molecule has 0 atom stereocenters. The summed E-state index contributed by atoms with van der Waals surface area (Å²) in [4.78, 5) is 26.1. The van der Waals surface area contributed by atoms with Gasteiger partial charge in [-0.25, -0.2) is 9.59 Å². The Morgan fingerprint density at radius 3 is 2.23 bits per heavy atom. The first-order chi connectivity index (χ1) is 10.5. The molecule has 0 bridgehead atoms. The Balaban J connectivity index is 1.81. The number of esters is 2. The maximum atomic E-state index is 12.2. The Labute approximate surface area is 128 Å². The normalized spacial score (nSPS) is 20.5. The van der Waals surface area contributed by atoms with Crippen molar-refractivity contribution in [1.82, 2.24) is 0 Å². The fraction of sp³-hybridized carbons (Fsp3) is 0.500. The van der Waals surface area contributed by atoms with Gasteiger partial charge < -0.3 is 18.8 Å². The molecule has 1 aromatic rings. The Bertz CT molecular complexity index is 600. The van der Waals surface area contributed by atoms with Crippen LogP contribution in [0.4, 0.5) is 5.88 Å². The van der Waals surface area contributed by atoms with Gasteiger partial charge in [0.15, 0.2) is 5.88 Å². The Hall–Kier alpha value is -2.24. The second-order valence-corrected chi connectivity index (χ2v) is 5.88. The molecular weight excluding hydrogens is 286 g/mol. The lowest BCUT2D eigenvalue weighted by Gasteiger charge is -2.38. The van der Waals surface area contributed by atoms with Crippen LogP contribution >= 0.6 is 0 Å². The second-order valence-electron chi connectivity index (χ2n) is 5.88. The highest BCUT2D eigenvalue weighted by Crippen LogP contribution is 2.37. The third kappa shape index (κ3) is 2.73. The molecule has 0 N–H and O–H groups in total. The fourth-order valence-electron chi connectivity index (χ4n) is 2.77. The summed E-state index contributed by atoms with van der Waals surface area (Å²) in [7, 11) is 3.68. The number of furan rings is 1. The van der Waals surface area contributed by atoms with Crippen molar-refractivity contribution in [3.8, 4) is 0 Å². The van der Waals surface area contributed by atoms with Gasteiger partial charge in [0.2, 0.25) is 0 Å². The number of hydrogen-bond donors (Lipinski definition) is 0. The zero-order valence-electron chi connectivity index (χ0n) is 12.8. The fourth-order valence-corrected chi connectivity index (χ4v) is 2.77. The van der Waals surface area contributed by atoms with Crippen molar-refractivity contribution in [3.63, 3.8) is 0 Å². The van der Waals surface area contributed by atoms with Crippen LogP contribution in [0.1, 0.15) is 37.9 Å². The van der Waals surface area contributed by atoms with Crippen LogP contribution in [0, 0.1) is 0 Å². The zero-order valence-corrected chi connectivity index (χ0v) is 12.8. The SMILES string of the molecule is CN(C)c1ccc(C=C2C(=O)OC3(CCCCC3)OC2=O)o1. The molecule has 6 heteroatoms. The highest BCUT2D eigenvalue weighted by Gasteiger charge is 2.46. The lowest BCUT2D eigenvalue weighted by atomic mass is 9.93. The summed E-state index contributed by atoms with van der Waals surface area (Å²) in [6, 6.07) is 3.45. The van der Waals surface area contributed by atoms with Crippen LogP contribution in [-0.2, 0) is 19.1 Å². The van der Waals surface area contributed by atoms with Crippen molar-refractivity contribution < 1.29 is 23.5 Å². The van der Waals surface area contributed by atoms with E-state index < -0.39 is 17.7 Å². The number of ether oxygens (including phenoxy) is 2. The van der Waals surface area contributed by atoms with E-state index in [-0.39, 0.29) is 5.57 Å². The quantitative estimate of drug-likeness (QED) is 0.475. The lowest BCUT2D eigenvalue weighted by Crippen LogP contribution is -2.47. The topological polar surface area (TPSA) is 69.0 Å². The molecule has 3 rings (SSSR count). The molecule has 118 valence electrons. The summed E-state index contributed by atoms with van der Waals surface area (Å²) in [5.74, 6) is -1.29. The predicted molar refractivity (Wildman–Crippen MR) is 79.0 cm³/mol. The van der Waals surface area contributed by atoms with Crippen molar-refractivity contribution in [1.29, 1.82) is 0 Å². The highest BCUT2D eigenvalue weighted by atomic mass is 16.7. The zero-order chi connectivity index (χ0) is 15.7. The van der Waals surface area contributed by atoms with Crippen LogP contribution in [0.5, 0.6) is 0 Å². The molecule has 0 amide bonds. The smallest absolute Gasteiger partial charge is 0.349 e. The molecule has 1 aliphatic heterocycles. The molecule has 1 saturated heterocycles. The number of rotatable bonds is 2. The minimum atomic E-state index is -1.05. The van der Waals surface area contributed by atoms with E-state index in [0.29, 0.717) is 24.5 Å². The molecular formula is C16H19NO5. The van der Waals surface area contributed by atoms with E-state index in [1.807, 2.05) is 14.1 Å². The number of carbonyl (C=O) groups excluding carboxylic acids is 2. The van der Waals surface area contributed by atoms with Crippen molar-refractivity contribution >= 4 is 23.9 Å². The van der Waals surface area contributed by atoms with Crippen LogP contribution in [0.15, 0.2) is 22.1 Å². The van der Waals surface area contributed by atoms with Crippen LogP contribution in [0.2, 0.25) is 0 Å². The lowest BCUT2D eigenvalue weighted by molar-refractivity contribution is -0.244. The molecule has 0 radical (unpaired) electrons. The molecule has 2 heterocycles. The predicted octanol–water partition coefficient (Wildman–Crippen LogP) is 2.49. The molecule has 6 nitrogen and oxygen atoms in total. The third-order valence-corrected chi connectivity index (χ3v) is 3.95. The van der Waals surface area contributed by atoms with Gasteiger partial charge in [0.05, 0.1) is 0 Å². The minimum Gasteiger partial charge on any atom is -0.441 e. The molecule has 1 spiro atoms. The summed E-state index contributed by atoms with van der Waals surface area (Å²) in [6.45, 7) is 0. The van der Waals surface area contributed by atoms with E-state index in [1.54, 1.807) is 17.0 Å². The van der Waals surface area contributed by atoms with E-state index in [4.69, 9.17) is 13.9 Å². The van der Waals surface area contributed by atoms with Gasteiger partial charge in [0.1, 0.15) is 11.3 Å². The monoisotopic (exact) mass is 305 g/mol. The molecule has 2 fully saturated rings. The van der Waals surface area contributed by atoms with E-state index in [1.165, 1.54) is 6.08 Å². The molecule has 0 unspecified atom stereocenters. The van der Waals surface area contributed by atoms with E-state index in [2.05, 4.69) is 0 Å². The number of hydrogen-bond acceptors (Lipinski definition) is 6. The van der Waals surface area contributed by atoms with Crippen LogP contribution in [-0.4, -0.2) is 31.8 Å². The summed E-state index contributed by atoms with van der Waals surface area (Å²) in [5.41, 5.74) is -0.129. The maximum Gasteiger partial charge on any atom is 0.349 e. The molecule has 1 aliphatic carbocycles. The van der Waals surface area contributed by atoms with Crippen molar-refractivity contribution in [2.24, 2.45) is 0 Å². The van der Waals surface area contributed by atoms with Gasteiger partial charge in [-0.2, -0.15) is 0 Å². The second kappa shape index (κ2) is 5.51. The summed E-state index contributed by atoms with van der Waals surface area (Å²) < 4.78 is 16.4. The molecule has 0 aromatic carbocycles. The van der Waals surface area contributed by atoms with Gasteiger partial charge in [-0.1, -0.05) is 6.42 Å². The number of anilines is 1. The van der Waals surface area contributed by atoms with Gasteiger partial charge >= 0.3 is 11.9 Å². The summed E-state index contributed by atoms with van der Waals surface area (Å²) >= 11 is 0. The van der Waals surface area contributed by atoms with Gasteiger partial charge in [-0.15, -0.1) is 0 Å². The van der Waals surface area contributed by atoms with Crippen LogP contribution in [0.3, 0.4) is 0 Å². The van der Waals surface area contributed by atoms with Crippen molar-refractivity contribution in [2.45, 2.75) is 37.9 Å². The average molecular weight is 305 g/mol. The minimum absolute atomic E-state index is 0.129. The van der Waals surface area contributed by atoms with Gasteiger partial charge in [-0.3, -0.25) is 0 Å². The van der Waals surface area contributed by atoms with Crippen LogP contribution < -0.4 is 4.90 Å². The van der Waals surface area contributed by atoms with Gasteiger partial charge in [-0.05, 0) is 18.9 Å². The van der Waals surface area contributed by atoms with Gasteiger partial charge in [0.25, 0.3) is 5.79 Å². The standard InChI is InChI=1S/C16H19NO5/c1-17(2)13-7-6-11(20-13)10-12-14(18)21-16(22-15(12)19)8-4-3-5-9-16/h6-7,10H,3-5,8-9H2,1-2H3. The summed E-state index contributed by atoms with van der Waals surface area (Å²) in [6.07, 6.45) is 5.37. The highest BCUT2D eigenvalue weighted by molar-refractivity contribution is 6.18. The van der Waals surface area contributed by atoms with E-state index in [9.17, 15) is 9.59 Å². The maximum absolute atomic E-state index is 12.2. The number of carbonyl (C=O) groups is 2. The molecule has 1 saturated carbocycles. The van der Waals surface area contributed by atoms with Crippen LogP contribution in [0.25, 0.3) is 6.08 Å². The van der Waals surface area contributed by atoms with Crippen molar-refractivity contribution in [2.75, 3.05) is 19.0 Å². The Morgan fingerprint density at radius 2 is 1.68 bits per heavy atom. The Kier molecular flexibility index (Phi) is 3.68. The first kappa shape index (κ1) is 14.7. The molecule has 2 aliphatic rings. The first-order valence-electron chi connectivity index (χ1n) is 7.45. The molecule has 1 aromatic heterocycles. The van der Waals surface area contributed by atoms with E-state index >= 15 is 0 Å².